The number of rotatable bonds is 2. The predicted octanol–water partition coefficient (Wildman–Crippen LogP) is 2.32. The van der Waals surface area contributed by atoms with Crippen LogP contribution in [-0.2, 0) is 4.79 Å². The maximum Gasteiger partial charge on any atom is 0.260 e. The zero-order chi connectivity index (χ0) is 9.26. The Morgan fingerprint density at radius 1 is 1.54 bits per heavy atom. The normalized spacial score (nSPS) is 16.4. The van der Waals surface area contributed by atoms with Gasteiger partial charge in [0.15, 0.2) is 5.78 Å². The summed E-state index contributed by atoms with van der Waals surface area (Å²) in [6, 6.07) is 0. The van der Waals surface area contributed by atoms with E-state index >= 15 is 0 Å². The lowest BCUT2D eigenvalue weighted by Crippen LogP contribution is -1.80. The number of nitrogens with zero attached hydrogens (tertiary/aromatic N) is 1. The molecule has 0 radical (unpaired) electrons. The molecule has 13 heavy (non-hydrogen) atoms. The predicted molar refractivity (Wildman–Crippen MR) is 49.4 cm³/mol. The summed E-state index contributed by atoms with van der Waals surface area (Å²) >= 11 is 1.44. The molecule has 2 rings (SSSR count). The Morgan fingerprint density at radius 2 is 2.38 bits per heavy atom. The third kappa shape index (κ3) is 2.01. The summed E-state index contributed by atoms with van der Waals surface area (Å²) in [6.07, 6.45) is 4.73. The zero-order valence-corrected chi connectivity index (χ0v) is 8.06. The maximum absolute atomic E-state index is 10.9. The molecule has 0 saturated carbocycles. The number of oxazole rings is 1. The van der Waals surface area contributed by atoms with Crippen LogP contribution >= 0.6 is 11.8 Å². The topological polar surface area (TPSA) is 43.1 Å². The molecule has 0 aliphatic heterocycles. The van der Waals surface area contributed by atoms with E-state index < -0.39 is 0 Å². The van der Waals surface area contributed by atoms with Crippen molar-refractivity contribution in [3.8, 4) is 0 Å². The van der Waals surface area contributed by atoms with Gasteiger partial charge >= 0.3 is 0 Å². The molecule has 0 atom stereocenters. The molecule has 0 amide bonds. The van der Waals surface area contributed by atoms with Gasteiger partial charge in [0.1, 0.15) is 6.26 Å². The molecule has 1 aromatic heterocycles. The first-order valence-corrected chi connectivity index (χ1v) is 4.89. The smallest absolute Gasteiger partial charge is 0.260 e. The van der Waals surface area contributed by atoms with Crippen molar-refractivity contribution in [3.05, 3.63) is 22.9 Å². The average Bonchev–Trinajstić information content (AvgIpc) is 2.62. The van der Waals surface area contributed by atoms with Crippen molar-refractivity contribution in [2.24, 2.45) is 0 Å². The van der Waals surface area contributed by atoms with Crippen LogP contribution in [0, 0.1) is 6.92 Å². The monoisotopic (exact) mass is 195 g/mol. The first-order valence-electron chi connectivity index (χ1n) is 4.07. The number of allylic oxidation sites excluding steroid dienone is 2. The molecule has 68 valence electrons. The van der Waals surface area contributed by atoms with Gasteiger partial charge in [-0.05, 0) is 36.1 Å². The van der Waals surface area contributed by atoms with E-state index in [1.807, 2.05) is 6.92 Å². The molecule has 1 heterocycles. The standard InChI is InChI=1S/C9H9NO2S/c1-6-5-12-9(10-6)13-8-3-2-7(11)4-8/h4-5H,2-3H2,1H3. The Hall–Kier alpha value is -1.03. The largest absolute Gasteiger partial charge is 0.439 e. The second-order valence-corrected chi connectivity index (χ2v) is 4.01. The molecule has 1 aliphatic carbocycles. The Labute approximate surface area is 80.2 Å². The van der Waals surface area contributed by atoms with E-state index in [4.69, 9.17) is 4.42 Å². The molecular weight excluding hydrogens is 186 g/mol. The number of hydrogen-bond acceptors (Lipinski definition) is 4. The maximum atomic E-state index is 10.9. The second kappa shape index (κ2) is 3.38. The molecule has 0 saturated heterocycles. The summed E-state index contributed by atoms with van der Waals surface area (Å²) < 4.78 is 5.16. The summed E-state index contributed by atoms with van der Waals surface area (Å²) in [5.41, 5.74) is 0.868. The number of aryl methyl sites for hydroxylation is 1. The van der Waals surface area contributed by atoms with Gasteiger partial charge in [-0.25, -0.2) is 4.98 Å². The Morgan fingerprint density at radius 3 is 2.92 bits per heavy atom. The minimum absolute atomic E-state index is 0.200. The van der Waals surface area contributed by atoms with Gasteiger partial charge in [0.25, 0.3) is 5.22 Å². The van der Waals surface area contributed by atoms with Crippen LogP contribution in [-0.4, -0.2) is 10.8 Å². The summed E-state index contributed by atoms with van der Waals surface area (Å²) in [6.45, 7) is 1.88. The van der Waals surface area contributed by atoms with E-state index in [-0.39, 0.29) is 5.78 Å². The second-order valence-electron chi connectivity index (χ2n) is 2.93. The van der Waals surface area contributed by atoms with Crippen molar-refractivity contribution < 1.29 is 9.21 Å². The highest BCUT2D eigenvalue weighted by molar-refractivity contribution is 8.02. The van der Waals surface area contributed by atoms with Gasteiger partial charge in [-0.3, -0.25) is 4.79 Å². The average molecular weight is 195 g/mol. The highest BCUT2D eigenvalue weighted by atomic mass is 32.2. The zero-order valence-electron chi connectivity index (χ0n) is 7.24. The van der Waals surface area contributed by atoms with Crippen LogP contribution in [0.1, 0.15) is 18.5 Å². The van der Waals surface area contributed by atoms with Gasteiger partial charge in [-0.2, -0.15) is 0 Å². The highest BCUT2D eigenvalue weighted by Gasteiger charge is 2.14. The van der Waals surface area contributed by atoms with Crippen LogP contribution in [0.25, 0.3) is 0 Å². The van der Waals surface area contributed by atoms with E-state index in [0.29, 0.717) is 11.6 Å². The fourth-order valence-corrected chi connectivity index (χ4v) is 2.05. The van der Waals surface area contributed by atoms with Gasteiger partial charge in [0.05, 0.1) is 5.69 Å². The molecule has 0 unspecified atom stereocenters. The van der Waals surface area contributed by atoms with Crippen LogP contribution < -0.4 is 0 Å². The number of hydrogen-bond donors (Lipinski definition) is 0. The van der Waals surface area contributed by atoms with Crippen molar-refractivity contribution >= 4 is 17.5 Å². The minimum Gasteiger partial charge on any atom is -0.439 e. The summed E-state index contributed by atoms with van der Waals surface area (Å²) in [5.74, 6) is 0.200. The number of carbonyl (C=O) groups excluding carboxylic acids is 1. The van der Waals surface area contributed by atoms with Crippen LogP contribution in [0.15, 0.2) is 26.9 Å². The molecule has 1 aliphatic rings. The Kier molecular flexibility index (Phi) is 2.22. The molecule has 1 aromatic rings. The molecule has 0 spiro atoms. The first-order chi connectivity index (χ1) is 6.24. The van der Waals surface area contributed by atoms with Gasteiger partial charge in [-0.15, -0.1) is 0 Å². The van der Waals surface area contributed by atoms with Gasteiger partial charge in [0, 0.05) is 6.42 Å². The van der Waals surface area contributed by atoms with E-state index in [0.717, 1.165) is 17.0 Å². The molecule has 0 aromatic carbocycles. The summed E-state index contributed by atoms with van der Waals surface area (Å²) in [7, 11) is 0. The molecule has 0 bridgehead atoms. The van der Waals surface area contributed by atoms with Crippen LogP contribution in [0.3, 0.4) is 0 Å². The van der Waals surface area contributed by atoms with Crippen molar-refractivity contribution in [2.75, 3.05) is 0 Å². The van der Waals surface area contributed by atoms with Crippen LogP contribution in [0.4, 0.5) is 0 Å². The van der Waals surface area contributed by atoms with Gasteiger partial charge in [-0.1, -0.05) is 0 Å². The molecular formula is C9H9NO2S. The molecule has 0 fully saturated rings. The van der Waals surface area contributed by atoms with Crippen LogP contribution in [0.5, 0.6) is 0 Å². The lowest BCUT2D eigenvalue weighted by molar-refractivity contribution is -0.114. The number of ketones is 1. The van der Waals surface area contributed by atoms with Crippen molar-refractivity contribution in [3.63, 3.8) is 0 Å². The van der Waals surface area contributed by atoms with Gasteiger partial charge < -0.3 is 4.42 Å². The third-order valence-corrected chi connectivity index (χ3v) is 2.70. The number of carbonyl (C=O) groups is 1. The fourth-order valence-electron chi connectivity index (χ4n) is 1.14. The van der Waals surface area contributed by atoms with Crippen LogP contribution in [0.2, 0.25) is 0 Å². The lowest BCUT2D eigenvalue weighted by atomic mass is 10.3. The molecule has 3 nitrogen and oxygen atoms in total. The van der Waals surface area contributed by atoms with E-state index in [9.17, 15) is 4.79 Å². The summed E-state index contributed by atoms with van der Waals surface area (Å²) in [5, 5.41) is 0.624. The minimum atomic E-state index is 0.200. The quantitative estimate of drug-likeness (QED) is 0.726. The fraction of sp³-hybridized carbons (Fsp3) is 0.333. The van der Waals surface area contributed by atoms with E-state index in [2.05, 4.69) is 4.98 Å². The third-order valence-electron chi connectivity index (χ3n) is 1.76. The van der Waals surface area contributed by atoms with Crippen molar-refractivity contribution in [1.29, 1.82) is 0 Å². The molecule has 4 heteroatoms. The van der Waals surface area contributed by atoms with Crippen molar-refractivity contribution in [1.82, 2.24) is 4.98 Å². The summed E-state index contributed by atoms with van der Waals surface area (Å²) in [4.78, 5) is 16.1. The lowest BCUT2D eigenvalue weighted by Gasteiger charge is -1.93. The van der Waals surface area contributed by atoms with Gasteiger partial charge in [0.2, 0.25) is 0 Å². The van der Waals surface area contributed by atoms with Crippen molar-refractivity contribution in [2.45, 2.75) is 25.0 Å². The Bertz CT molecular complexity index is 367. The van der Waals surface area contributed by atoms with E-state index in [1.165, 1.54) is 11.8 Å². The first kappa shape index (κ1) is 8.56. The number of aromatic nitrogens is 1. The number of thioether (sulfide) groups is 1. The Balaban J connectivity index is 2.06. The molecule has 0 N–H and O–H groups in total. The SMILES string of the molecule is Cc1coc(SC2=CC(=O)CC2)n1. The highest BCUT2D eigenvalue weighted by Crippen LogP contribution is 2.32. The van der Waals surface area contributed by atoms with E-state index in [1.54, 1.807) is 12.3 Å².